The number of ether oxygens (including phenoxy) is 2. The van der Waals surface area contributed by atoms with Gasteiger partial charge in [-0.2, -0.15) is 4.98 Å². The lowest BCUT2D eigenvalue weighted by Crippen LogP contribution is -2.53. The molecule has 1 amide bonds. The fraction of sp³-hybridized carbons (Fsp3) is 0.667. The molecule has 1 aromatic rings. The van der Waals surface area contributed by atoms with E-state index in [1.54, 1.807) is 12.3 Å². The van der Waals surface area contributed by atoms with Gasteiger partial charge in [0.05, 0.1) is 20.3 Å². The number of anilines is 1. The third-order valence-corrected chi connectivity index (χ3v) is 4.26. The highest BCUT2D eigenvalue weighted by atomic mass is 19.3. The van der Waals surface area contributed by atoms with E-state index in [0.717, 1.165) is 0 Å². The Labute approximate surface area is 138 Å². The van der Waals surface area contributed by atoms with Crippen LogP contribution in [0.25, 0.3) is 0 Å². The first-order valence-corrected chi connectivity index (χ1v) is 7.89. The molecule has 9 heteroatoms. The molecule has 0 saturated carbocycles. The van der Waals surface area contributed by atoms with Crippen LogP contribution in [0.3, 0.4) is 0 Å². The Kier molecular flexibility index (Phi) is 4.79. The van der Waals surface area contributed by atoms with Gasteiger partial charge >= 0.3 is 0 Å². The minimum absolute atomic E-state index is 0.0569. The van der Waals surface area contributed by atoms with Gasteiger partial charge in [0.1, 0.15) is 0 Å². The van der Waals surface area contributed by atoms with Crippen molar-refractivity contribution in [2.24, 2.45) is 0 Å². The average Bonchev–Trinajstić information content (AvgIpc) is 2.61. The fourth-order valence-electron chi connectivity index (χ4n) is 2.84. The van der Waals surface area contributed by atoms with Crippen molar-refractivity contribution in [3.05, 3.63) is 12.3 Å². The number of carbonyl (C=O) groups is 1. The molecule has 0 bridgehead atoms. The fourth-order valence-corrected chi connectivity index (χ4v) is 2.84. The minimum Gasteiger partial charge on any atom is -0.481 e. The van der Waals surface area contributed by atoms with Crippen LogP contribution in [0, 0.1) is 0 Å². The number of aromatic nitrogens is 2. The first-order chi connectivity index (χ1) is 11.5. The molecule has 2 fully saturated rings. The van der Waals surface area contributed by atoms with Crippen LogP contribution in [-0.4, -0.2) is 72.7 Å². The zero-order valence-corrected chi connectivity index (χ0v) is 13.5. The smallest absolute Gasteiger partial charge is 0.253 e. The summed E-state index contributed by atoms with van der Waals surface area (Å²) in [5.41, 5.74) is 0. The van der Waals surface area contributed by atoms with Crippen molar-refractivity contribution in [3.63, 3.8) is 0 Å². The molecule has 0 aromatic carbocycles. The number of piperidine rings is 1. The second kappa shape index (κ2) is 6.84. The van der Waals surface area contributed by atoms with Crippen molar-refractivity contribution >= 4 is 11.9 Å². The standard InChI is InChI=1S/C15H20F2N4O3/c1-23-12-2-5-18-14(19-12)21-8-9-24-11(10-21)13(22)20-6-3-15(16,17)4-7-20/h2,5,11H,3-4,6-10H2,1H3. The monoisotopic (exact) mass is 342 g/mol. The van der Waals surface area contributed by atoms with Gasteiger partial charge in [0.2, 0.25) is 11.8 Å². The van der Waals surface area contributed by atoms with E-state index in [2.05, 4.69) is 9.97 Å². The third-order valence-electron chi connectivity index (χ3n) is 4.26. The predicted octanol–water partition coefficient (Wildman–Crippen LogP) is 0.948. The normalized spacial score (nSPS) is 23.9. The van der Waals surface area contributed by atoms with Crippen LogP contribution in [0.15, 0.2) is 12.3 Å². The summed E-state index contributed by atoms with van der Waals surface area (Å²) < 4.78 is 37.1. The van der Waals surface area contributed by atoms with Crippen molar-refractivity contribution in [1.29, 1.82) is 0 Å². The van der Waals surface area contributed by atoms with Crippen molar-refractivity contribution in [3.8, 4) is 5.88 Å². The Morgan fingerprint density at radius 2 is 2.12 bits per heavy atom. The summed E-state index contributed by atoms with van der Waals surface area (Å²) >= 11 is 0. The number of amides is 1. The van der Waals surface area contributed by atoms with E-state index in [-0.39, 0.29) is 31.8 Å². The number of rotatable bonds is 3. The molecule has 2 aliphatic rings. The molecule has 132 valence electrons. The number of likely N-dealkylation sites (tertiary alicyclic amines) is 1. The Hall–Kier alpha value is -2.03. The Morgan fingerprint density at radius 3 is 2.83 bits per heavy atom. The Balaban J connectivity index is 1.63. The Morgan fingerprint density at radius 1 is 1.38 bits per heavy atom. The van der Waals surface area contributed by atoms with Gasteiger partial charge < -0.3 is 19.3 Å². The zero-order valence-electron chi connectivity index (χ0n) is 13.5. The summed E-state index contributed by atoms with van der Waals surface area (Å²) in [5, 5.41) is 0. The highest BCUT2D eigenvalue weighted by Crippen LogP contribution is 2.28. The second-order valence-corrected chi connectivity index (χ2v) is 5.89. The molecular weight excluding hydrogens is 322 g/mol. The molecule has 0 spiro atoms. The molecule has 1 aromatic heterocycles. The predicted molar refractivity (Wildman–Crippen MR) is 81.3 cm³/mol. The number of alkyl halides is 2. The summed E-state index contributed by atoms with van der Waals surface area (Å²) in [4.78, 5) is 24.3. The van der Waals surface area contributed by atoms with Gasteiger partial charge in [0.15, 0.2) is 6.10 Å². The van der Waals surface area contributed by atoms with Gasteiger partial charge in [-0.05, 0) is 0 Å². The highest BCUT2D eigenvalue weighted by molar-refractivity contribution is 5.82. The van der Waals surface area contributed by atoms with Gasteiger partial charge in [-0.3, -0.25) is 4.79 Å². The summed E-state index contributed by atoms with van der Waals surface area (Å²) in [6.07, 6.45) is 0.294. The lowest BCUT2D eigenvalue weighted by molar-refractivity contribution is -0.150. The van der Waals surface area contributed by atoms with Crippen molar-refractivity contribution in [1.82, 2.24) is 14.9 Å². The molecule has 1 atom stereocenters. The zero-order chi connectivity index (χ0) is 17.2. The van der Waals surface area contributed by atoms with E-state index in [0.29, 0.717) is 31.5 Å². The second-order valence-electron chi connectivity index (χ2n) is 5.89. The summed E-state index contributed by atoms with van der Waals surface area (Å²) in [6.45, 7) is 1.30. The maximum atomic E-state index is 13.2. The van der Waals surface area contributed by atoms with Crippen LogP contribution < -0.4 is 9.64 Å². The molecule has 2 aliphatic heterocycles. The number of hydrogen-bond acceptors (Lipinski definition) is 6. The number of hydrogen-bond donors (Lipinski definition) is 0. The quantitative estimate of drug-likeness (QED) is 0.815. The van der Waals surface area contributed by atoms with E-state index >= 15 is 0 Å². The molecule has 0 radical (unpaired) electrons. The molecular formula is C15H20F2N4O3. The SMILES string of the molecule is COc1ccnc(N2CCOC(C(=O)N3CCC(F)(F)CC3)C2)n1. The molecule has 0 aliphatic carbocycles. The van der Waals surface area contributed by atoms with Gasteiger partial charge in [0, 0.05) is 44.7 Å². The lowest BCUT2D eigenvalue weighted by Gasteiger charge is -2.37. The number of methoxy groups -OCH3 is 1. The Bertz CT molecular complexity index is 592. The van der Waals surface area contributed by atoms with Crippen LogP contribution in [-0.2, 0) is 9.53 Å². The molecule has 24 heavy (non-hydrogen) atoms. The van der Waals surface area contributed by atoms with Crippen LogP contribution in [0.4, 0.5) is 14.7 Å². The summed E-state index contributed by atoms with van der Waals surface area (Å²) in [7, 11) is 1.52. The number of nitrogens with zero attached hydrogens (tertiary/aromatic N) is 4. The third kappa shape index (κ3) is 3.72. The first-order valence-electron chi connectivity index (χ1n) is 7.89. The van der Waals surface area contributed by atoms with E-state index < -0.39 is 12.0 Å². The van der Waals surface area contributed by atoms with Crippen LogP contribution >= 0.6 is 0 Å². The first kappa shape index (κ1) is 16.8. The van der Waals surface area contributed by atoms with Crippen LogP contribution in [0.1, 0.15) is 12.8 Å². The van der Waals surface area contributed by atoms with E-state index in [9.17, 15) is 13.6 Å². The number of carbonyl (C=O) groups excluding carboxylic acids is 1. The van der Waals surface area contributed by atoms with Crippen molar-refractivity contribution in [2.45, 2.75) is 24.9 Å². The van der Waals surface area contributed by atoms with E-state index in [1.165, 1.54) is 12.0 Å². The molecule has 2 saturated heterocycles. The molecule has 7 nitrogen and oxygen atoms in total. The highest BCUT2D eigenvalue weighted by Gasteiger charge is 2.38. The lowest BCUT2D eigenvalue weighted by atomic mass is 10.1. The number of morpholine rings is 1. The maximum Gasteiger partial charge on any atom is 0.253 e. The van der Waals surface area contributed by atoms with Crippen LogP contribution in [0.2, 0.25) is 0 Å². The largest absolute Gasteiger partial charge is 0.481 e. The molecule has 0 N–H and O–H groups in total. The van der Waals surface area contributed by atoms with Crippen LogP contribution in [0.5, 0.6) is 5.88 Å². The summed E-state index contributed by atoms with van der Waals surface area (Å²) in [6, 6.07) is 1.64. The topological polar surface area (TPSA) is 67.8 Å². The number of halogens is 2. The summed E-state index contributed by atoms with van der Waals surface area (Å²) in [5.74, 6) is -2.03. The molecule has 3 heterocycles. The van der Waals surface area contributed by atoms with E-state index in [4.69, 9.17) is 9.47 Å². The van der Waals surface area contributed by atoms with E-state index in [1.807, 2.05) is 4.90 Å². The van der Waals surface area contributed by atoms with Gasteiger partial charge in [0.25, 0.3) is 11.8 Å². The van der Waals surface area contributed by atoms with Gasteiger partial charge in [-0.15, -0.1) is 0 Å². The van der Waals surface area contributed by atoms with Gasteiger partial charge in [-0.1, -0.05) is 0 Å². The minimum atomic E-state index is -2.68. The maximum absolute atomic E-state index is 13.2. The average molecular weight is 342 g/mol. The van der Waals surface area contributed by atoms with Crippen molar-refractivity contribution < 1.29 is 23.0 Å². The van der Waals surface area contributed by atoms with Gasteiger partial charge in [-0.25, -0.2) is 13.8 Å². The molecule has 1 unspecified atom stereocenters. The van der Waals surface area contributed by atoms with Crippen molar-refractivity contribution in [2.75, 3.05) is 44.8 Å². The molecule has 3 rings (SSSR count).